The first-order chi connectivity index (χ1) is 20.4. The molecule has 0 saturated carbocycles. The number of fused-ring (bicyclic) bond motifs is 2. The number of nitrogens with one attached hydrogen (secondary N) is 1. The van der Waals surface area contributed by atoms with Crippen LogP contribution in [0.4, 0.5) is 5.82 Å². The maximum absolute atomic E-state index is 14.2. The first-order valence-corrected chi connectivity index (χ1v) is 13.1. The summed E-state index contributed by atoms with van der Waals surface area (Å²) in [6.07, 6.45) is 6.53. The average molecular weight is 560 g/mol. The molecule has 12 nitrogen and oxygen atoms in total. The molecule has 0 saturated heterocycles. The molecule has 6 aromatic rings. The Morgan fingerprint density at radius 1 is 1.12 bits per heavy atom. The van der Waals surface area contributed by atoms with E-state index in [4.69, 9.17) is 15.8 Å². The van der Waals surface area contributed by atoms with E-state index in [-0.39, 0.29) is 23.5 Å². The monoisotopic (exact) mass is 559 g/mol. The van der Waals surface area contributed by atoms with Gasteiger partial charge in [0.2, 0.25) is 0 Å². The molecule has 208 valence electrons. The van der Waals surface area contributed by atoms with E-state index in [1.54, 1.807) is 72.8 Å². The SMILES string of the molecule is C[C@H](NC(=O)c1c(N)nn2cccnc12)c1nc2cccc(C#Cc3cnn(CCO)c3)c2c(=O)n1-c1ccccc1. The quantitative estimate of drug-likeness (QED) is 0.262. The summed E-state index contributed by atoms with van der Waals surface area (Å²) in [5, 5.41) is 20.7. The van der Waals surface area contributed by atoms with Crippen molar-refractivity contribution in [3.05, 3.63) is 112 Å². The van der Waals surface area contributed by atoms with Crippen LogP contribution in [0, 0.1) is 11.8 Å². The maximum atomic E-state index is 14.2. The van der Waals surface area contributed by atoms with Crippen LogP contribution in [0.3, 0.4) is 0 Å². The Kier molecular flexibility index (Phi) is 6.92. The highest BCUT2D eigenvalue weighted by atomic mass is 16.3. The Balaban J connectivity index is 1.45. The molecule has 0 spiro atoms. The minimum atomic E-state index is -0.708. The van der Waals surface area contributed by atoms with Crippen LogP contribution in [0.5, 0.6) is 0 Å². The third-order valence-electron chi connectivity index (χ3n) is 6.63. The lowest BCUT2D eigenvalue weighted by molar-refractivity contribution is 0.0940. The highest BCUT2D eigenvalue weighted by molar-refractivity contribution is 6.04. The summed E-state index contributed by atoms with van der Waals surface area (Å²) < 4.78 is 4.51. The molecule has 6 rings (SSSR count). The van der Waals surface area contributed by atoms with Crippen LogP contribution in [0.25, 0.3) is 22.2 Å². The Labute approximate surface area is 239 Å². The van der Waals surface area contributed by atoms with Crippen molar-refractivity contribution in [1.29, 1.82) is 0 Å². The topological polar surface area (TPSA) is 158 Å². The van der Waals surface area contributed by atoms with Crippen molar-refractivity contribution >= 4 is 28.3 Å². The summed E-state index contributed by atoms with van der Waals surface area (Å²) >= 11 is 0. The van der Waals surface area contributed by atoms with Crippen molar-refractivity contribution in [3.63, 3.8) is 0 Å². The van der Waals surface area contributed by atoms with Gasteiger partial charge < -0.3 is 16.2 Å². The van der Waals surface area contributed by atoms with Crippen LogP contribution in [-0.2, 0) is 6.54 Å². The molecule has 0 bridgehead atoms. The molecule has 0 aliphatic carbocycles. The predicted molar refractivity (Wildman–Crippen MR) is 156 cm³/mol. The average Bonchev–Trinajstić information content (AvgIpc) is 3.59. The van der Waals surface area contributed by atoms with Gasteiger partial charge >= 0.3 is 0 Å². The van der Waals surface area contributed by atoms with Crippen molar-refractivity contribution < 1.29 is 9.90 Å². The van der Waals surface area contributed by atoms with Gasteiger partial charge in [-0.05, 0) is 37.3 Å². The molecule has 1 atom stereocenters. The largest absolute Gasteiger partial charge is 0.394 e. The molecule has 4 N–H and O–H groups in total. The number of aliphatic hydroxyl groups excluding tert-OH is 1. The number of nitrogen functional groups attached to an aromatic ring is 1. The summed E-state index contributed by atoms with van der Waals surface area (Å²) in [4.78, 5) is 36.7. The van der Waals surface area contributed by atoms with Gasteiger partial charge in [-0.2, -0.15) is 5.10 Å². The van der Waals surface area contributed by atoms with E-state index < -0.39 is 11.9 Å². The first kappa shape index (κ1) is 26.4. The third kappa shape index (κ3) is 4.85. The van der Waals surface area contributed by atoms with E-state index in [1.807, 2.05) is 18.2 Å². The normalized spacial score (nSPS) is 11.8. The Bertz CT molecular complexity index is 2070. The molecule has 2 aromatic carbocycles. The smallest absolute Gasteiger partial charge is 0.267 e. The Morgan fingerprint density at radius 3 is 2.76 bits per heavy atom. The van der Waals surface area contributed by atoms with Gasteiger partial charge in [-0.1, -0.05) is 36.1 Å². The maximum Gasteiger partial charge on any atom is 0.267 e. The second-order valence-electron chi connectivity index (χ2n) is 9.45. The van der Waals surface area contributed by atoms with Gasteiger partial charge in [-0.15, -0.1) is 5.10 Å². The number of aromatic nitrogens is 7. The summed E-state index contributed by atoms with van der Waals surface area (Å²) in [5.74, 6) is 5.99. The number of hydrogen-bond donors (Lipinski definition) is 3. The summed E-state index contributed by atoms with van der Waals surface area (Å²) in [5.41, 5.74) is 8.34. The number of rotatable bonds is 6. The Morgan fingerprint density at radius 2 is 1.95 bits per heavy atom. The van der Waals surface area contributed by atoms with Gasteiger partial charge in [0.15, 0.2) is 11.5 Å². The fourth-order valence-corrected chi connectivity index (χ4v) is 4.72. The number of aliphatic hydroxyl groups is 1. The van der Waals surface area contributed by atoms with Crippen LogP contribution in [0.15, 0.2) is 84.2 Å². The van der Waals surface area contributed by atoms with E-state index >= 15 is 0 Å². The number of anilines is 1. The van der Waals surface area contributed by atoms with E-state index in [9.17, 15) is 9.59 Å². The summed E-state index contributed by atoms with van der Waals surface area (Å²) in [6, 6.07) is 15.3. The van der Waals surface area contributed by atoms with Crippen molar-refractivity contribution in [2.75, 3.05) is 12.3 Å². The van der Waals surface area contributed by atoms with E-state index in [0.29, 0.717) is 45.7 Å². The minimum absolute atomic E-state index is 0.0345. The zero-order valence-corrected chi connectivity index (χ0v) is 22.5. The molecule has 0 fully saturated rings. The van der Waals surface area contributed by atoms with Crippen molar-refractivity contribution in [2.45, 2.75) is 19.5 Å². The standard InChI is InChI=1S/C30H25N9O3/c1-19(34-29(41)25-26(31)36-38-14-6-13-32-28(25)38)27-35-23-10-5-7-21(12-11-20-17-33-37(18-20)15-16-40)24(23)30(42)39(27)22-8-3-2-4-9-22/h2-10,13-14,17-19,40H,15-16H2,1H3,(H2,31,36)(H,34,41)/t19-/m0/s1. The molecular weight excluding hydrogens is 534 g/mol. The van der Waals surface area contributed by atoms with Gasteiger partial charge in [0.25, 0.3) is 11.5 Å². The molecule has 0 radical (unpaired) electrons. The number of para-hydroxylation sites is 1. The van der Waals surface area contributed by atoms with Gasteiger partial charge in [0.05, 0.1) is 47.5 Å². The molecule has 0 unspecified atom stereocenters. The second kappa shape index (κ2) is 11.0. The number of carbonyl (C=O) groups excluding carboxylic acids is 1. The molecule has 12 heteroatoms. The van der Waals surface area contributed by atoms with Crippen LogP contribution >= 0.6 is 0 Å². The molecule has 1 amide bonds. The van der Waals surface area contributed by atoms with Crippen LogP contribution < -0.4 is 16.6 Å². The summed E-state index contributed by atoms with van der Waals surface area (Å²) in [7, 11) is 0. The van der Waals surface area contributed by atoms with Gasteiger partial charge in [-0.3, -0.25) is 18.8 Å². The lowest BCUT2D eigenvalue weighted by Gasteiger charge is -2.20. The molecule has 42 heavy (non-hydrogen) atoms. The number of nitrogens with two attached hydrogens (primary N) is 1. The zero-order valence-electron chi connectivity index (χ0n) is 22.5. The fraction of sp³-hybridized carbons (Fsp3) is 0.133. The van der Waals surface area contributed by atoms with Crippen molar-refractivity contribution in [2.24, 2.45) is 0 Å². The Hall–Kier alpha value is -5.80. The number of nitrogens with zero attached hydrogens (tertiary/aromatic N) is 7. The van der Waals surface area contributed by atoms with E-state index in [1.165, 1.54) is 9.08 Å². The molecule has 4 aromatic heterocycles. The van der Waals surface area contributed by atoms with Crippen molar-refractivity contribution in [3.8, 4) is 17.5 Å². The van der Waals surface area contributed by atoms with Crippen molar-refractivity contribution in [1.82, 2.24) is 39.2 Å². The van der Waals surface area contributed by atoms with E-state index in [2.05, 4.69) is 32.3 Å². The van der Waals surface area contributed by atoms with Gasteiger partial charge in [-0.25, -0.2) is 14.5 Å². The molecule has 0 aliphatic heterocycles. The second-order valence-corrected chi connectivity index (χ2v) is 9.45. The van der Waals surface area contributed by atoms with Gasteiger partial charge in [0, 0.05) is 24.2 Å². The van der Waals surface area contributed by atoms with Crippen LogP contribution in [-0.4, -0.2) is 51.6 Å². The molecular formula is C30H25N9O3. The van der Waals surface area contributed by atoms with Crippen LogP contribution in [0.1, 0.15) is 40.3 Å². The molecule has 4 heterocycles. The van der Waals surface area contributed by atoms with Crippen LogP contribution in [0.2, 0.25) is 0 Å². The molecule has 0 aliphatic rings. The number of amides is 1. The number of carbonyl (C=O) groups is 1. The lowest BCUT2D eigenvalue weighted by Crippen LogP contribution is -2.33. The van der Waals surface area contributed by atoms with Gasteiger partial charge in [0.1, 0.15) is 11.4 Å². The zero-order chi connectivity index (χ0) is 29.2. The third-order valence-corrected chi connectivity index (χ3v) is 6.63. The lowest BCUT2D eigenvalue weighted by atomic mass is 10.1. The minimum Gasteiger partial charge on any atom is -0.394 e. The first-order valence-electron chi connectivity index (χ1n) is 13.1. The fourth-order valence-electron chi connectivity index (χ4n) is 4.72. The summed E-state index contributed by atoms with van der Waals surface area (Å²) in [6.45, 7) is 2.07. The highest BCUT2D eigenvalue weighted by Gasteiger charge is 2.24. The number of hydrogen-bond acceptors (Lipinski definition) is 8. The number of benzene rings is 2. The highest BCUT2D eigenvalue weighted by Crippen LogP contribution is 2.22. The van der Waals surface area contributed by atoms with E-state index in [0.717, 1.165) is 0 Å². The predicted octanol–water partition coefficient (Wildman–Crippen LogP) is 2.09.